The fraction of sp³-hybridized carbons (Fsp3) is 0. The van der Waals surface area contributed by atoms with Crippen molar-refractivity contribution in [3.63, 3.8) is 0 Å². The van der Waals surface area contributed by atoms with E-state index in [4.69, 9.17) is 27.7 Å². The molecule has 4 N–H and O–H groups in total. The third-order valence-electron chi connectivity index (χ3n) is 2.23. The van der Waals surface area contributed by atoms with Crippen LogP contribution in [0, 0.1) is 0 Å². The summed E-state index contributed by atoms with van der Waals surface area (Å²) in [6, 6.07) is 11.1. The summed E-state index contributed by atoms with van der Waals surface area (Å²) in [6.45, 7) is 0. The standard InChI is InChI=1S/2C7H6O3.2Na.H2O4S/c2*8-6-4-2-1-3-5(6)7(9)10;;;1-5(2,3)4/h2*1-4,8H,(H,9,10);;;(H2,1,2,3,4)/q;;2*+1;/p-2. The largest absolute Gasteiger partial charge is 1.00 e. The van der Waals surface area contributed by atoms with Crippen LogP contribution in [0.3, 0.4) is 0 Å². The molecule has 0 aliphatic rings. The van der Waals surface area contributed by atoms with Gasteiger partial charge in [-0.1, -0.05) is 47.9 Å². The molecule has 0 radical (unpaired) electrons. The van der Waals surface area contributed by atoms with Crippen molar-refractivity contribution in [1.29, 1.82) is 0 Å². The van der Waals surface area contributed by atoms with Gasteiger partial charge in [0, 0.05) is 0 Å². The zero-order chi connectivity index (χ0) is 19.6. The van der Waals surface area contributed by atoms with Crippen LogP contribution in [0.5, 0.6) is 11.5 Å². The molecule has 2 rings (SSSR count). The topological polar surface area (TPSA) is 195 Å². The molecule has 0 atom stereocenters. The summed E-state index contributed by atoms with van der Waals surface area (Å²) in [4.78, 5) is 20.4. The summed E-state index contributed by atoms with van der Waals surface area (Å²) in [5.74, 6) is -3.25. The van der Waals surface area contributed by atoms with Crippen molar-refractivity contribution in [1.82, 2.24) is 0 Å². The predicted molar refractivity (Wildman–Crippen MR) is 79.9 cm³/mol. The summed E-state index contributed by atoms with van der Waals surface area (Å²) in [5.41, 5.74) is -0.356. The van der Waals surface area contributed by atoms with Gasteiger partial charge >= 0.3 is 81.5 Å². The van der Waals surface area contributed by atoms with Crippen molar-refractivity contribution >= 4 is 22.3 Å². The molecule has 0 saturated heterocycles. The molecule has 0 saturated carbocycles. The van der Waals surface area contributed by atoms with E-state index in [0.29, 0.717) is 0 Å². The number of rotatable bonds is 2. The number of carboxylic acids is 2. The fourth-order valence-corrected chi connectivity index (χ4v) is 1.29. The van der Waals surface area contributed by atoms with Crippen LogP contribution in [0.4, 0.5) is 0 Å². The van der Waals surface area contributed by atoms with Crippen molar-refractivity contribution < 1.29 is 107 Å². The molecular weight excluding hydrogens is 406 g/mol. The summed E-state index contributed by atoms with van der Waals surface area (Å²) in [6.07, 6.45) is 0. The minimum atomic E-state index is -4.67. The Morgan fingerprint density at radius 2 is 0.926 bits per heavy atom. The Morgan fingerprint density at radius 1 is 0.704 bits per heavy atom. The van der Waals surface area contributed by atoms with Crippen LogP contribution in [0.25, 0.3) is 0 Å². The summed E-state index contributed by atoms with van der Waals surface area (Å²) >= 11 is 0. The second-order valence-corrected chi connectivity index (χ2v) is 4.95. The Kier molecular flexibility index (Phi) is 16.8. The van der Waals surface area contributed by atoms with Crippen LogP contribution in [0.2, 0.25) is 0 Å². The fourth-order valence-electron chi connectivity index (χ4n) is 1.29. The van der Waals surface area contributed by atoms with E-state index in [2.05, 4.69) is 0 Å². The molecule has 0 aromatic heterocycles. The van der Waals surface area contributed by atoms with Crippen LogP contribution in [-0.2, 0) is 10.4 Å². The Morgan fingerprint density at radius 3 is 1.07 bits per heavy atom. The number of hydrogen-bond donors (Lipinski definition) is 4. The number of aromatic carboxylic acids is 2. The van der Waals surface area contributed by atoms with Crippen molar-refractivity contribution in [3.05, 3.63) is 59.7 Å². The third kappa shape index (κ3) is 15.6. The second kappa shape index (κ2) is 14.9. The maximum absolute atomic E-state index is 10.7. The number of para-hydroxylation sites is 2. The smallest absolute Gasteiger partial charge is 0.872 e. The quantitative estimate of drug-likeness (QED) is 0.269. The van der Waals surface area contributed by atoms with Gasteiger partial charge in [0.1, 0.15) is 0 Å². The normalized spacial score (nSPS) is 8.96. The summed E-state index contributed by atoms with van der Waals surface area (Å²) < 4.78 is 31.6. The van der Waals surface area contributed by atoms with Gasteiger partial charge in [0.2, 0.25) is 0 Å². The molecule has 0 aliphatic heterocycles. The molecule has 0 unspecified atom stereocenters. The van der Waals surface area contributed by atoms with Gasteiger partial charge in [0.25, 0.3) is 0 Å². The first-order chi connectivity index (χ1) is 11.4. The number of hydrogen-bond acceptors (Lipinski definition) is 6. The van der Waals surface area contributed by atoms with E-state index in [1.807, 2.05) is 0 Å². The molecule has 136 valence electrons. The molecule has 10 nitrogen and oxygen atoms in total. The minimum absolute atomic E-state index is 0. The van der Waals surface area contributed by atoms with Gasteiger partial charge in [-0.2, -0.15) is 8.42 Å². The van der Waals surface area contributed by atoms with Crippen molar-refractivity contribution in [2.24, 2.45) is 0 Å². The molecule has 2 aromatic carbocycles. The van der Waals surface area contributed by atoms with Crippen molar-refractivity contribution in [2.75, 3.05) is 0 Å². The van der Waals surface area contributed by atoms with Crippen molar-refractivity contribution in [2.45, 2.75) is 0 Å². The van der Waals surface area contributed by atoms with E-state index in [1.54, 1.807) is 0 Å². The molecule has 0 bridgehead atoms. The van der Waals surface area contributed by atoms with Crippen molar-refractivity contribution in [3.8, 4) is 11.5 Å². The van der Waals surface area contributed by atoms with Gasteiger partial charge in [-0.05, 0) is 12.1 Å². The predicted octanol–water partition coefficient (Wildman–Crippen LogP) is -5.73. The molecular formula is C14H12Na2O10S. The van der Waals surface area contributed by atoms with Crippen LogP contribution in [0.15, 0.2) is 48.5 Å². The first kappa shape index (κ1) is 30.6. The molecule has 0 fully saturated rings. The maximum Gasteiger partial charge on any atom is 1.00 e. The average molecular weight is 418 g/mol. The van der Waals surface area contributed by atoms with Gasteiger partial charge in [-0.25, -0.2) is 9.59 Å². The molecule has 2 aromatic rings. The molecule has 0 heterocycles. The van der Waals surface area contributed by atoms with Crippen LogP contribution in [-0.4, -0.2) is 39.7 Å². The second-order valence-electron chi connectivity index (χ2n) is 4.05. The Balaban J connectivity index is -0.000000326. The maximum atomic E-state index is 10.7. The van der Waals surface area contributed by atoms with Gasteiger partial charge in [-0.3, -0.25) is 9.11 Å². The Labute approximate surface area is 198 Å². The molecule has 0 spiro atoms. The van der Waals surface area contributed by atoms with Gasteiger partial charge in [0.15, 0.2) is 0 Å². The minimum Gasteiger partial charge on any atom is -0.872 e. The number of carboxylic acid groups (broad SMARTS) is 2. The first-order valence-electron chi connectivity index (χ1n) is 6.12. The Hall–Kier alpha value is -1.15. The summed E-state index contributed by atoms with van der Waals surface area (Å²) in [5, 5.41) is 38.1. The monoisotopic (exact) mass is 418 g/mol. The van der Waals surface area contributed by atoms with E-state index in [-0.39, 0.29) is 70.2 Å². The zero-order valence-electron chi connectivity index (χ0n) is 14.3. The van der Waals surface area contributed by atoms with Crippen LogP contribution in [0.1, 0.15) is 20.7 Å². The van der Waals surface area contributed by atoms with Gasteiger partial charge < -0.3 is 20.4 Å². The zero-order valence-corrected chi connectivity index (χ0v) is 19.1. The SMILES string of the molecule is O=C(O)c1ccccc1[O-].O=C(O)c1ccccc1[O-].O=S(=O)(O)O.[Na+].[Na+]. The van der Waals surface area contributed by atoms with Crippen LogP contribution >= 0.6 is 0 Å². The first-order valence-corrected chi connectivity index (χ1v) is 7.51. The van der Waals surface area contributed by atoms with Crippen LogP contribution < -0.4 is 69.3 Å². The summed E-state index contributed by atoms with van der Waals surface area (Å²) in [7, 11) is -4.67. The average Bonchev–Trinajstić information content (AvgIpc) is 2.46. The molecule has 27 heavy (non-hydrogen) atoms. The van der Waals surface area contributed by atoms with E-state index < -0.39 is 33.8 Å². The molecule has 13 heteroatoms. The molecule has 0 aliphatic carbocycles. The number of benzene rings is 2. The van der Waals surface area contributed by atoms with E-state index in [0.717, 1.165) is 0 Å². The van der Waals surface area contributed by atoms with Gasteiger partial charge in [-0.15, -0.1) is 0 Å². The number of carbonyl (C=O) groups is 2. The van der Waals surface area contributed by atoms with Gasteiger partial charge in [0.05, 0.1) is 11.1 Å². The van der Waals surface area contributed by atoms with E-state index in [1.165, 1.54) is 48.5 Å². The third-order valence-corrected chi connectivity index (χ3v) is 2.23. The Bertz CT molecular complexity index is 776. The molecule has 0 amide bonds. The van der Waals surface area contributed by atoms with E-state index >= 15 is 0 Å². The van der Waals surface area contributed by atoms with E-state index in [9.17, 15) is 19.8 Å².